The molecule has 2 aromatic rings. The number of H-pyrrole nitrogens is 1. The summed E-state index contributed by atoms with van der Waals surface area (Å²) in [6.07, 6.45) is 3.38. The van der Waals surface area contributed by atoms with Crippen molar-refractivity contribution >= 4 is 17.7 Å². The average molecular weight is 334 g/mol. The largest absolute Gasteiger partial charge is 0.480 e. The monoisotopic (exact) mass is 334 g/mol. The van der Waals surface area contributed by atoms with Gasteiger partial charge >= 0.3 is 6.09 Å². The molecule has 3 N–H and O–H groups in total. The summed E-state index contributed by atoms with van der Waals surface area (Å²) in [5.41, 5.74) is 0. The summed E-state index contributed by atoms with van der Waals surface area (Å²) in [7, 11) is 1.53. The molecule has 1 aliphatic heterocycles. The number of hydrogen-bond donors (Lipinski definition) is 3. The first-order valence-corrected chi connectivity index (χ1v) is 7.47. The van der Waals surface area contributed by atoms with E-state index in [1.54, 1.807) is 12.3 Å². The predicted molar refractivity (Wildman–Crippen MR) is 83.7 cm³/mol. The fourth-order valence-electron chi connectivity index (χ4n) is 2.41. The van der Waals surface area contributed by atoms with Gasteiger partial charge in [-0.15, -0.1) is 5.10 Å². The number of hydrogen-bond acceptors (Lipinski definition) is 7. The van der Waals surface area contributed by atoms with E-state index in [0.717, 1.165) is 0 Å². The number of ether oxygens (including phenoxy) is 2. The van der Waals surface area contributed by atoms with Gasteiger partial charge in [-0.3, -0.25) is 10.1 Å². The molecule has 10 heteroatoms. The number of carbonyl (C=O) groups is 1. The maximum Gasteiger partial charge on any atom is 0.407 e. The Morgan fingerprint density at radius 3 is 2.83 bits per heavy atom. The molecule has 0 atom stereocenters. The summed E-state index contributed by atoms with van der Waals surface area (Å²) < 4.78 is 10.8. The molecule has 3 rings (SSSR count). The molecule has 0 aliphatic carbocycles. The molecule has 1 amide bonds. The van der Waals surface area contributed by atoms with Gasteiger partial charge in [-0.2, -0.15) is 4.98 Å². The van der Waals surface area contributed by atoms with E-state index in [-0.39, 0.29) is 6.10 Å². The zero-order valence-corrected chi connectivity index (χ0v) is 13.1. The highest BCUT2D eigenvalue weighted by Crippen LogP contribution is 2.20. The Bertz CT molecular complexity index is 698. The van der Waals surface area contributed by atoms with Crippen LogP contribution in [0.2, 0.25) is 0 Å². The maximum absolute atomic E-state index is 10.9. The number of aromatic nitrogens is 4. The first kappa shape index (κ1) is 15.8. The number of piperidine rings is 1. The third-order valence-electron chi connectivity index (χ3n) is 3.64. The summed E-state index contributed by atoms with van der Waals surface area (Å²) in [6.45, 7) is 0.915. The van der Waals surface area contributed by atoms with Gasteiger partial charge in [0.05, 0.1) is 19.5 Å². The molecule has 0 saturated carbocycles. The molecule has 128 valence electrons. The van der Waals surface area contributed by atoms with Crippen LogP contribution < -0.4 is 14.8 Å². The van der Waals surface area contributed by atoms with Crippen molar-refractivity contribution in [2.24, 2.45) is 0 Å². The number of anilines is 2. The third kappa shape index (κ3) is 3.83. The maximum atomic E-state index is 10.9. The highest BCUT2D eigenvalue weighted by Gasteiger charge is 2.23. The number of likely N-dealkylation sites (tertiary alicyclic amines) is 1. The number of aromatic amines is 1. The van der Waals surface area contributed by atoms with Crippen LogP contribution in [0.15, 0.2) is 18.5 Å². The van der Waals surface area contributed by atoms with Gasteiger partial charge in [-0.05, 0) is 0 Å². The molecule has 0 bridgehead atoms. The molecule has 24 heavy (non-hydrogen) atoms. The van der Waals surface area contributed by atoms with Crippen LogP contribution in [0, 0.1) is 0 Å². The second-order valence-corrected chi connectivity index (χ2v) is 5.28. The summed E-state index contributed by atoms with van der Waals surface area (Å²) in [5, 5.41) is 18.7. The SMILES string of the molecule is COc1cc(Nc2cncc(OC3CCN(C(=O)O)CC3)n2)[nH]n1. The van der Waals surface area contributed by atoms with Gasteiger partial charge in [0.25, 0.3) is 0 Å². The second-order valence-electron chi connectivity index (χ2n) is 5.28. The Balaban J connectivity index is 1.58. The number of rotatable bonds is 5. The molecular formula is C14H18N6O4. The van der Waals surface area contributed by atoms with Crippen LogP contribution in [-0.2, 0) is 0 Å². The predicted octanol–water partition coefficient (Wildman–Crippen LogP) is 1.47. The minimum atomic E-state index is -0.894. The quantitative estimate of drug-likeness (QED) is 0.750. The topological polar surface area (TPSA) is 125 Å². The lowest BCUT2D eigenvalue weighted by Gasteiger charge is -2.29. The molecule has 0 unspecified atom stereocenters. The van der Waals surface area contributed by atoms with Crippen molar-refractivity contribution in [2.45, 2.75) is 18.9 Å². The number of amides is 1. The fourth-order valence-corrected chi connectivity index (χ4v) is 2.41. The minimum Gasteiger partial charge on any atom is -0.480 e. The van der Waals surface area contributed by atoms with Gasteiger partial charge in [0, 0.05) is 32.0 Å². The van der Waals surface area contributed by atoms with Gasteiger partial charge in [-0.1, -0.05) is 0 Å². The molecule has 0 spiro atoms. The normalized spacial score (nSPS) is 15.1. The lowest BCUT2D eigenvalue weighted by atomic mass is 10.1. The first-order valence-electron chi connectivity index (χ1n) is 7.47. The molecule has 10 nitrogen and oxygen atoms in total. The number of methoxy groups -OCH3 is 1. The van der Waals surface area contributed by atoms with Crippen molar-refractivity contribution in [1.82, 2.24) is 25.1 Å². The summed E-state index contributed by atoms with van der Waals surface area (Å²) in [6, 6.07) is 1.69. The third-order valence-corrected chi connectivity index (χ3v) is 3.64. The molecule has 2 aromatic heterocycles. The highest BCUT2D eigenvalue weighted by molar-refractivity contribution is 5.65. The molecule has 0 radical (unpaired) electrons. The smallest absolute Gasteiger partial charge is 0.407 e. The molecule has 1 aliphatic rings. The minimum absolute atomic E-state index is 0.0719. The summed E-state index contributed by atoms with van der Waals surface area (Å²) >= 11 is 0. The lowest BCUT2D eigenvalue weighted by molar-refractivity contribution is 0.0869. The van der Waals surface area contributed by atoms with Crippen LogP contribution in [0.4, 0.5) is 16.4 Å². The Hall–Kier alpha value is -3.04. The van der Waals surface area contributed by atoms with Crippen LogP contribution in [0.5, 0.6) is 11.8 Å². The zero-order chi connectivity index (χ0) is 16.9. The van der Waals surface area contributed by atoms with E-state index in [1.165, 1.54) is 18.2 Å². The zero-order valence-electron chi connectivity index (χ0n) is 13.1. The van der Waals surface area contributed by atoms with Gasteiger partial charge in [-0.25, -0.2) is 4.79 Å². The molecule has 1 saturated heterocycles. The summed E-state index contributed by atoms with van der Waals surface area (Å²) in [4.78, 5) is 20.7. The van der Waals surface area contributed by atoms with Crippen LogP contribution in [0.1, 0.15) is 12.8 Å². The van der Waals surface area contributed by atoms with E-state index in [0.29, 0.717) is 49.3 Å². The van der Waals surface area contributed by atoms with Crippen molar-refractivity contribution in [1.29, 1.82) is 0 Å². The molecular weight excluding hydrogens is 316 g/mol. The van der Waals surface area contributed by atoms with E-state index < -0.39 is 6.09 Å². The van der Waals surface area contributed by atoms with Gasteiger partial charge in [0.1, 0.15) is 11.9 Å². The van der Waals surface area contributed by atoms with Crippen molar-refractivity contribution in [3.05, 3.63) is 18.5 Å². The average Bonchev–Trinajstić information content (AvgIpc) is 3.03. The van der Waals surface area contributed by atoms with Crippen molar-refractivity contribution < 1.29 is 19.4 Å². The lowest BCUT2D eigenvalue weighted by Crippen LogP contribution is -2.41. The van der Waals surface area contributed by atoms with E-state index in [2.05, 4.69) is 25.5 Å². The fraction of sp³-hybridized carbons (Fsp3) is 0.429. The standard InChI is InChI=1S/C14H18N6O4/c1-23-12-6-10(18-19-12)16-11-7-15-8-13(17-11)24-9-2-4-20(5-3-9)14(21)22/h6-9H,2-5H2,1H3,(H,21,22)(H2,16,17,18,19). The van der Waals surface area contributed by atoms with Crippen LogP contribution >= 0.6 is 0 Å². The second kappa shape index (κ2) is 7.02. The molecule has 0 aromatic carbocycles. The number of nitrogens with one attached hydrogen (secondary N) is 2. The van der Waals surface area contributed by atoms with E-state index >= 15 is 0 Å². The van der Waals surface area contributed by atoms with Crippen molar-refractivity contribution in [2.75, 3.05) is 25.5 Å². The van der Waals surface area contributed by atoms with Crippen molar-refractivity contribution in [3.8, 4) is 11.8 Å². The van der Waals surface area contributed by atoms with E-state index in [9.17, 15) is 4.79 Å². The Kier molecular flexibility index (Phi) is 4.64. The van der Waals surface area contributed by atoms with Crippen LogP contribution in [0.3, 0.4) is 0 Å². The Labute approximate surface area is 137 Å². The molecule has 3 heterocycles. The van der Waals surface area contributed by atoms with E-state index in [4.69, 9.17) is 14.6 Å². The van der Waals surface area contributed by atoms with E-state index in [1.807, 2.05) is 0 Å². The van der Waals surface area contributed by atoms with Crippen molar-refractivity contribution in [3.63, 3.8) is 0 Å². The number of nitrogens with zero attached hydrogens (tertiary/aromatic N) is 4. The first-order chi connectivity index (χ1) is 11.6. The van der Waals surface area contributed by atoms with Gasteiger partial charge < -0.3 is 24.8 Å². The highest BCUT2D eigenvalue weighted by atomic mass is 16.5. The summed E-state index contributed by atoms with van der Waals surface area (Å²) in [5.74, 6) is 1.97. The number of carboxylic acid groups (broad SMARTS) is 1. The van der Waals surface area contributed by atoms with Gasteiger partial charge in [0.2, 0.25) is 11.8 Å². The van der Waals surface area contributed by atoms with Gasteiger partial charge in [0.15, 0.2) is 5.82 Å². The van der Waals surface area contributed by atoms with Crippen LogP contribution in [-0.4, -0.2) is 62.6 Å². The Morgan fingerprint density at radius 1 is 1.38 bits per heavy atom. The van der Waals surface area contributed by atoms with Crippen LogP contribution in [0.25, 0.3) is 0 Å². The molecule has 1 fully saturated rings. The Morgan fingerprint density at radius 2 is 2.17 bits per heavy atom.